The summed E-state index contributed by atoms with van der Waals surface area (Å²) in [5.74, 6) is 0.0614. The predicted octanol–water partition coefficient (Wildman–Crippen LogP) is 3.22. The number of aromatic nitrogens is 1. The highest BCUT2D eigenvalue weighted by atomic mass is 32.1. The fourth-order valence-electron chi connectivity index (χ4n) is 3.13. The van der Waals surface area contributed by atoms with Crippen molar-refractivity contribution in [3.63, 3.8) is 0 Å². The van der Waals surface area contributed by atoms with Crippen molar-refractivity contribution in [1.82, 2.24) is 10.3 Å². The lowest BCUT2D eigenvalue weighted by Gasteiger charge is -2.21. The van der Waals surface area contributed by atoms with Crippen LogP contribution >= 0.6 is 11.3 Å². The molecular weight excluding hydrogens is 322 g/mol. The van der Waals surface area contributed by atoms with Gasteiger partial charge in [-0.2, -0.15) is 4.98 Å². The van der Waals surface area contributed by atoms with Gasteiger partial charge in [-0.15, -0.1) is 11.3 Å². The lowest BCUT2D eigenvalue weighted by atomic mass is 10.2. The van der Waals surface area contributed by atoms with Gasteiger partial charge in [0.25, 0.3) is 6.01 Å². The molecule has 6 heteroatoms. The van der Waals surface area contributed by atoms with Crippen LogP contribution in [0.3, 0.4) is 0 Å². The van der Waals surface area contributed by atoms with E-state index in [-0.39, 0.29) is 11.9 Å². The van der Waals surface area contributed by atoms with Crippen LogP contribution < -0.4 is 10.2 Å². The summed E-state index contributed by atoms with van der Waals surface area (Å²) in [6.07, 6.45) is 2.68. The Bertz CT molecular complexity index is 795. The Hall–Kier alpha value is -2.34. The highest BCUT2D eigenvalue weighted by Gasteiger charge is 2.33. The molecule has 1 aliphatic heterocycles. The number of amides is 1. The highest BCUT2D eigenvalue weighted by Crippen LogP contribution is 2.28. The van der Waals surface area contributed by atoms with E-state index < -0.39 is 0 Å². The number of anilines is 1. The van der Waals surface area contributed by atoms with Gasteiger partial charge in [0.15, 0.2) is 5.58 Å². The number of fused-ring (bicyclic) bond motifs is 1. The van der Waals surface area contributed by atoms with Gasteiger partial charge >= 0.3 is 0 Å². The zero-order chi connectivity index (χ0) is 16.4. The Balaban J connectivity index is 1.42. The second-order valence-corrected chi connectivity index (χ2v) is 6.97. The molecule has 1 atom stereocenters. The molecule has 124 valence electrons. The molecule has 0 aliphatic carbocycles. The number of thiophene rings is 1. The first-order chi connectivity index (χ1) is 11.8. The van der Waals surface area contributed by atoms with Crippen LogP contribution in [0, 0.1) is 0 Å². The van der Waals surface area contributed by atoms with Crippen LogP contribution in [0.2, 0.25) is 0 Å². The molecule has 1 fully saturated rings. The van der Waals surface area contributed by atoms with Crippen molar-refractivity contribution in [2.45, 2.75) is 25.3 Å². The number of nitrogens with one attached hydrogen (secondary N) is 1. The average Bonchev–Trinajstić information content (AvgIpc) is 3.33. The predicted molar refractivity (Wildman–Crippen MR) is 95.4 cm³/mol. The lowest BCUT2D eigenvalue weighted by Crippen LogP contribution is -2.44. The molecular formula is C18H19N3O2S. The second kappa shape index (κ2) is 6.65. The summed E-state index contributed by atoms with van der Waals surface area (Å²) in [5.41, 5.74) is 1.59. The molecule has 1 aliphatic rings. The SMILES string of the molecule is O=C(NCCc1cccs1)C1CCCN1c1nc2ccccc2o1. The van der Waals surface area contributed by atoms with Crippen molar-refractivity contribution in [3.05, 3.63) is 46.7 Å². The van der Waals surface area contributed by atoms with Crippen LogP contribution in [-0.2, 0) is 11.2 Å². The monoisotopic (exact) mass is 341 g/mol. The largest absolute Gasteiger partial charge is 0.423 e. The molecule has 0 radical (unpaired) electrons. The normalized spacial score (nSPS) is 17.5. The van der Waals surface area contributed by atoms with Crippen LogP contribution in [0.4, 0.5) is 6.01 Å². The van der Waals surface area contributed by atoms with Crippen molar-refractivity contribution >= 4 is 34.4 Å². The molecule has 1 amide bonds. The number of nitrogens with zero attached hydrogens (tertiary/aromatic N) is 2. The van der Waals surface area contributed by atoms with Crippen LogP contribution in [0.5, 0.6) is 0 Å². The molecule has 5 nitrogen and oxygen atoms in total. The number of para-hydroxylation sites is 2. The van der Waals surface area contributed by atoms with Gasteiger partial charge < -0.3 is 14.6 Å². The molecule has 24 heavy (non-hydrogen) atoms. The van der Waals surface area contributed by atoms with E-state index in [1.54, 1.807) is 11.3 Å². The van der Waals surface area contributed by atoms with E-state index in [0.29, 0.717) is 12.6 Å². The van der Waals surface area contributed by atoms with E-state index in [2.05, 4.69) is 21.7 Å². The van der Waals surface area contributed by atoms with Crippen LogP contribution in [0.1, 0.15) is 17.7 Å². The smallest absolute Gasteiger partial charge is 0.299 e. The van der Waals surface area contributed by atoms with E-state index in [1.807, 2.05) is 35.2 Å². The number of carbonyl (C=O) groups excluding carboxylic acids is 1. The Labute approximate surface area is 144 Å². The molecule has 1 N–H and O–H groups in total. The van der Waals surface area contributed by atoms with Gasteiger partial charge in [-0.3, -0.25) is 4.79 Å². The van der Waals surface area contributed by atoms with Crippen molar-refractivity contribution in [2.75, 3.05) is 18.0 Å². The molecule has 1 aromatic carbocycles. The summed E-state index contributed by atoms with van der Waals surface area (Å²) >= 11 is 1.72. The maximum atomic E-state index is 12.6. The first kappa shape index (κ1) is 15.2. The van der Waals surface area contributed by atoms with E-state index in [4.69, 9.17) is 4.42 Å². The molecule has 2 aromatic heterocycles. The summed E-state index contributed by atoms with van der Waals surface area (Å²) in [6, 6.07) is 12.2. The summed E-state index contributed by atoms with van der Waals surface area (Å²) in [5, 5.41) is 5.11. The molecule has 0 bridgehead atoms. The second-order valence-electron chi connectivity index (χ2n) is 5.94. The van der Waals surface area contributed by atoms with Crippen LogP contribution in [0.15, 0.2) is 46.2 Å². The van der Waals surface area contributed by atoms with E-state index >= 15 is 0 Å². The van der Waals surface area contributed by atoms with E-state index in [9.17, 15) is 4.79 Å². The lowest BCUT2D eigenvalue weighted by molar-refractivity contribution is -0.122. The third kappa shape index (κ3) is 3.01. The van der Waals surface area contributed by atoms with Crippen molar-refractivity contribution in [3.8, 4) is 0 Å². The number of oxazole rings is 1. The van der Waals surface area contributed by atoms with Crippen LogP contribution in [0.25, 0.3) is 11.1 Å². The fourth-order valence-corrected chi connectivity index (χ4v) is 3.84. The van der Waals surface area contributed by atoms with Gasteiger partial charge in [-0.25, -0.2) is 0 Å². The minimum Gasteiger partial charge on any atom is -0.423 e. The number of benzene rings is 1. The zero-order valence-corrected chi connectivity index (χ0v) is 14.1. The average molecular weight is 341 g/mol. The third-order valence-electron chi connectivity index (χ3n) is 4.33. The Morgan fingerprint density at radius 1 is 1.33 bits per heavy atom. The minimum atomic E-state index is -0.193. The first-order valence-corrected chi connectivity index (χ1v) is 9.11. The molecule has 0 spiro atoms. The molecule has 0 saturated carbocycles. The van der Waals surface area contributed by atoms with Gasteiger partial charge in [0, 0.05) is 18.0 Å². The third-order valence-corrected chi connectivity index (χ3v) is 5.27. The number of carbonyl (C=O) groups is 1. The standard InChI is InChI=1S/C18H19N3O2S/c22-17(19-10-9-13-5-4-12-24-13)15-7-3-11-21(15)18-20-14-6-1-2-8-16(14)23-18/h1-2,4-6,8,12,15H,3,7,9-11H2,(H,19,22). The summed E-state index contributed by atoms with van der Waals surface area (Å²) < 4.78 is 5.83. The highest BCUT2D eigenvalue weighted by molar-refractivity contribution is 7.09. The van der Waals surface area contributed by atoms with E-state index in [0.717, 1.165) is 36.9 Å². The maximum Gasteiger partial charge on any atom is 0.299 e. The van der Waals surface area contributed by atoms with Gasteiger partial charge in [0.05, 0.1) is 0 Å². The zero-order valence-electron chi connectivity index (χ0n) is 13.3. The molecule has 4 rings (SSSR count). The Kier molecular flexibility index (Phi) is 4.21. The molecule has 3 heterocycles. The molecule has 1 saturated heterocycles. The van der Waals surface area contributed by atoms with Gasteiger partial charge in [0.2, 0.25) is 5.91 Å². The van der Waals surface area contributed by atoms with Crippen molar-refractivity contribution < 1.29 is 9.21 Å². The van der Waals surface area contributed by atoms with Gasteiger partial charge in [-0.05, 0) is 42.8 Å². The van der Waals surface area contributed by atoms with Crippen LogP contribution in [-0.4, -0.2) is 30.0 Å². The minimum absolute atomic E-state index is 0.0614. The topological polar surface area (TPSA) is 58.4 Å². The van der Waals surface area contributed by atoms with Gasteiger partial charge in [0.1, 0.15) is 11.6 Å². The first-order valence-electron chi connectivity index (χ1n) is 8.23. The number of hydrogen-bond donors (Lipinski definition) is 1. The quantitative estimate of drug-likeness (QED) is 0.774. The summed E-state index contributed by atoms with van der Waals surface area (Å²) in [6.45, 7) is 1.47. The maximum absolute atomic E-state index is 12.6. The summed E-state index contributed by atoms with van der Waals surface area (Å²) in [7, 11) is 0. The van der Waals surface area contributed by atoms with Crippen molar-refractivity contribution in [2.24, 2.45) is 0 Å². The molecule has 3 aromatic rings. The molecule has 1 unspecified atom stereocenters. The van der Waals surface area contributed by atoms with E-state index in [1.165, 1.54) is 4.88 Å². The number of hydrogen-bond acceptors (Lipinski definition) is 5. The van der Waals surface area contributed by atoms with Gasteiger partial charge in [-0.1, -0.05) is 18.2 Å². The van der Waals surface area contributed by atoms with Crippen molar-refractivity contribution in [1.29, 1.82) is 0 Å². The fraction of sp³-hybridized carbons (Fsp3) is 0.333. The number of rotatable bonds is 5. The summed E-state index contributed by atoms with van der Waals surface area (Å²) in [4.78, 5) is 20.4. The Morgan fingerprint density at radius 3 is 3.08 bits per heavy atom. The Morgan fingerprint density at radius 2 is 2.25 bits per heavy atom.